The Hall–Kier alpha value is -2.00. The van der Waals surface area contributed by atoms with Crippen molar-refractivity contribution in [3.05, 3.63) is 59.7 Å². The highest BCUT2D eigenvalue weighted by Crippen LogP contribution is 2.18. The molecule has 0 atom stereocenters. The average molecular weight is 270 g/mol. The average Bonchev–Trinajstić information content (AvgIpc) is 2.46. The number of hydrogen-bond donors (Lipinski definition) is 1. The van der Waals surface area contributed by atoms with E-state index >= 15 is 0 Å². The number of nitrogens with two attached hydrogens (primary N) is 1. The number of benzene rings is 2. The fraction of sp³-hybridized carbons (Fsp3) is 0.294. The third-order valence-corrected chi connectivity index (χ3v) is 3.16. The van der Waals surface area contributed by atoms with Crippen molar-refractivity contribution in [3.8, 4) is 5.75 Å². The maximum Gasteiger partial charge on any atom is 0.120 e. The second-order valence-electron chi connectivity index (χ2n) is 5.04. The molecule has 0 spiro atoms. The van der Waals surface area contributed by atoms with Crippen LogP contribution in [-0.4, -0.2) is 20.6 Å². The molecule has 0 aliphatic rings. The Morgan fingerprint density at radius 2 is 1.75 bits per heavy atom. The van der Waals surface area contributed by atoms with Crippen molar-refractivity contribution in [2.24, 2.45) is 5.73 Å². The normalized spacial score (nSPS) is 10.3. The standard InChI is InChI=1S/C17H22N2O/c1-19(2)16-7-3-6-15(11-16)13-20-17-8-4-5-14(12-17)9-10-18/h3-8,11-12H,9-10,13,18H2,1-2H3. The molecule has 0 fully saturated rings. The first-order valence-corrected chi connectivity index (χ1v) is 6.87. The summed E-state index contributed by atoms with van der Waals surface area (Å²) in [5.41, 5.74) is 9.14. The van der Waals surface area contributed by atoms with Gasteiger partial charge in [-0.1, -0.05) is 24.3 Å². The highest BCUT2D eigenvalue weighted by molar-refractivity contribution is 5.47. The lowest BCUT2D eigenvalue weighted by Gasteiger charge is -2.14. The van der Waals surface area contributed by atoms with Crippen LogP contribution in [0.1, 0.15) is 11.1 Å². The predicted molar refractivity (Wildman–Crippen MR) is 84.3 cm³/mol. The molecular weight excluding hydrogens is 248 g/mol. The van der Waals surface area contributed by atoms with Gasteiger partial charge in [0.15, 0.2) is 0 Å². The smallest absolute Gasteiger partial charge is 0.120 e. The lowest BCUT2D eigenvalue weighted by molar-refractivity contribution is 0.306. The first-order valence-electron chi connectivity index (χ1n) is 6.87. The van der Waals surface area contributed by atoms with E-state index in [1.54, 1.807) is 0 Å². The molecule has 3 heteroatoms. The first kappa shape index (κ1) is 14.4. The van der Waals surface area contributed by atoms with Crippen molar-refractivity contribution >= 4 is 5.69 Å². The van der Waals surface area contributed by atoms with E-state index in [1.807, 2.05) is 26.2 Å². The zero-order valence-electron chi connectivity index (χ0n) is 12.2. The summed E-state index contributed by atoms with van der Waals surface area (Å²) in [5, 5.41) is 0. The SMILES string of the molecule is CN(C)c1cccc(COc2cccc(CCN)c2)c1. The molecule has 20 heavy (non-hydrogen) atoms. The third-order valence-electron chi connectivity index (χ3n) is 3.16. The second kappa shape index (κ2) is 6.96. The maximum absolute atomic E-state index is 5.85. The first-order chi connectivity index (χ1) is 9.69. The van der Waals surface area contributed by atoms with Crippen molar-refractivity contribution in [1.82, 2.24) is 0 Å². The van der Waals surface area contributed by atoms with Gasteiger partial charge < -0.3 is 15.4 Å². The van der Waals surface area contributed by atoms with Crippen LogP contribution in [0.2, 0.25) is 0 Å². The summed E-state index contributed by atoms with van der Waals surface area (Å²) in [7, 11) is 4.08. The van der Waals surface area contributed by atoms with E-state index in [1.165, 1.54) is 16.8 Å². The van der Waals surface area contributed by atoms with Crippen molar-refractivity contribution in [1.29, 1.82) is 0 Å². The van der Waals surface area contributed by atoms with Gasteiger partial charge in [0, 0.05) is 19.8 Å². The van der Waals surface area contributed by atoms with Gasteiger partial charge >= 0.3 is 0 Å². The van der Waals surface area contributed by atoms with Crippen LogP contribution in [0.3, 0.4) is 0 Å². The third kappa shape index (κ3) is 4.00. The zero-order valence-corrected chi connectivity index (χ0v) is 12.2. The van der Waals surface area contributed by atoms with Gasteiger partial charge in [-0.05, 0) is 48.4 Å². The van der Waals surface area contributed by atoms with E-state index in [0.717, 1.165) is 12.2 Å². The molecule has 3 nitrogen and oxygen atoms in total. The molecular formula is C17H22N2O. The van der Waals surface area contributed by atoms with E-state index in [0.29, 0.717) is 13.2 Å². The molecule has 0 unspecified atom stereocenters. The van der Waals surface area contributed by atoms with Crippen molar-refractivity contribution in [2.45, 2.75) is 13.0 Å². The van der Waals surface area contributed by atoms with Gasteiger partial charge in [-0.25, -0.2) is 0 Å². The molecule has 0 aliphatic carbocycles. The van der Waals surface area contributed by atoms with Crippen LogP contribution in [0.4, 0.5) is 5.69 Å². The van der Waals surface area contributed by atoms with Gasteiger partial charge in [0.2, 0.25) is 0 Å². The van der Waals surface area contributed by atoms with Gasteiger partial charge in [-0.2, -0.15) is 0 Å². The van der Waals surface area contributed by atoms with Crippen LogP contribution >= 0.6 is 0 Å². The number of anilines is 1. The summed E-state index contributed by atoms with van der Waals surface area (Å²) in [5.74, 6) is 0.895. The number of rotatable bonds is 6. The van der Waals surface area contributed by atoms with Crippen LogP contribution in [0.25, 0.3) is 0 Å². The molecule has 0 radical (unpaired) electrons. The van der Waals surface area contributed by atoms with Crippen LogP contribution in [-0.2, 0) is 13.0 Å². The van der Waals surface area contributed by atoms with Gasteiger partial charge in [-0.15, -0.1) is 0 Å². The summed E-state index contributed by atoms with van der Waals surface area (Å²) in [4.78, 5) is 2.09. The van der Waals surface area contributed by atoms with Crippen LogP contribution < -0.4 is 15.4 Å². The van der Waals surface area contributed by atoms with Gasteiger partial charge in [0.1, 0.15) is 12.4 Å². The topological polar surface area (TPSA) is 38.5 Å². The second-order valence-corrected chi connectivity index (χ2v) is 5.04. The van der Waals surface area contributed by atoms with Crippen LogP contribution in [0.5, 0.6) is 5.75 Å². The summed E-state index contributed by atoms with van der Waals surface area (Å²) >= 11 is 0. The molecule has 0 bridgehead atoms. The molecule has 0 aliphatic heterocycles. The summed E-state index contributed by atoms with van der Waals surface area (Å²) in [6.45, 7) is 1.24. The number of hydrogen-bond acceptors (Lipinski definition) is 3. The van der Waals surface area contributed by atoms with Crippen molar-refractivity contribution in [3.63, 3.8) is 0 Å². The largest absolute Gasteiger partial charge is 0.489 e. The number of nitrogens with zero attached hydrogens (tertiary/aromatic N) is 1. The van der Waals surface area contributed by atoms with Crippen LogP contribution in [0, 0.1) is 0 Å². The summed E-state index contributed by atoms with van der Waals surface area (Å²) in [6, 6.07) is 16.5. The molecule has 0 aromatic heterocycles. The minimum absolute atomic E-state index is 0.577. The monoisotopic (exact) mass is 270 g/mol. The fourth-order valence-corrected chi connectivity index (χ4v) is 2.05. The van der Waals surface area contributed by atoms with Gasteiger partial charge in [-0.3, -0.25) is 0 Å². The van der Waals surface area contributed by atoms with Crippen LogP contribution in [0.15, 0.2) is 48.5 Å². The Bertz CT molecular complexity index is 552. The van der Waals surface area contributed by atoms with E-state index < -0.39 is 0 Å². The van der Waals surface area contributed by atoms with E-state index in [2.05, 4.69) is 41.3 Å². The van der Waals surface area contributed by atoms with E-state index in [4.69, 9.17) is 10.5 Å². The Morgan fingerprint density at radius 1 is 1.00 bits per heavy atom. The highest BCUT2D eigenvalue weighted by Gasteiger charge is 2.00. The molecule has 2 N–H and O–H groups in total. The van der Waals surface area contributed by atoms with Crippen molar-refractivity contribution in [2.75, 3.05) is 25.5 Å². The Labute approximate surface area is 121 Å². The minimum Gasteiger partial charge on any atom is -0.489 e. The molecule has 0 amide bonds. The summed E-state index contributed by atoms with van der Waals surface area (Å²) in [6.07, 6.45) is 0.882. The van der Waals surface area contributed by atoms with Gasteiger partial charge in [0.05, 0.1) is 0 Å². The zero-order chi connectivity index (χ0) is 14.4. The predicted octanol–water partition coefficient (Wildman–Crippen LogP) is 2.83. The van der Waals surface area contributed by atoms with Gasteiger partial charge in [0.25, 0.3) is 0 Å². The van der Waals surface area contributed by atoms with E-state index in [9.17, 15) is 0 Å². The fourth-order valence-electron chi connectivity index (χ4n) is 2.05. The summed E-state index contributed by atoms with van der Waals surface area (Å²) < 4.78 is 5.85. The van der Waals surface area contributed by atoms with Crippen molar-refractivity contribution < 1.29 is 4.74 Å². The molecule has 0 saturated carbocycles. The Kier molecular flexibility index (Phi) is 5.02. The minimum atomic E-state index is 0.577. The highest BCUT2D eigenvalue weighted by atomic mass is 16.5. The maximum atomic E-state index is 5.85. The molecule has 0 saturated heterocycles. The molecule has 2 aromatic rings. The molecule has 2 aromatic carbocycles. The Morgan fingerprint density at radius 3 is 2.50 bits per heavy atom. The quantitative estimate of drug-likeness (QED) is 0.877. The molecule has 106 valence electrons. The Balaban J connectivity index is 2.01. The molecule has 2 rings (SSSR count). The molecule has 0 heterocycles. The number of ether oxygens (including phenoxy) is 1. The lowest BCUT2D eigenvalue weighted by Crippen LogP contribution is -2.09. The lowest BCUT2D eigenvalue weighted by atomic mass is 10.1. The van der Waals surface area contributed by atoms with E-state index in [-0.39, 0.29) is 0 Å².